The predicted molar refractivity (Wildman–Crippen MR) is 51.7 cm³/mol. The van der Waals surface area contributed by atoms with Gasteiger partial charge < -0.3 is 15.8 Å². The Bertz CT molecular complexity index is 330. The molecule has 0 spiro atoms. The number of hydrogen-bond acceptors (Lipinski definition) is 3. The number of pyridine rings is 1. The number of aromatic nitrogens is 1. The summed E-state index contributed by atoms with van der Waals surface area (Å²) in [5.74, 6) is 0.460. The summed E-state index contributed by atoms with van der Waals surface area (Å²) in [6.45, 7) is 0. The maximum absolute atomic E-state index is 10.5. The number of nitrogens with two attached hydrogens (primary N) is 1. The molecular formula is C7H8BrN3O2. The van der Waals surface area contributed by atoms with Gasteiger partial charge in [-0.15, -0.1) is 0 Å². The maximum Gasteiger partial charge on any atom is 0.316 e. The van der Waals surface area contributed by atoms with Crippen molar-refractivity contribution in [2.75, 3.05) is 12.4 Å². The van der Waals surface area contributed by atoms with E-state index in [4.69, 9.17) is 10.5 Å². The van der Waals surface area contributed by atoms with Crippen LogP contribution in [0.25, 0.3) is 0 Å². The molecule has 0 atom stereocenters. The molecule has 0 unspecified atom stereocenters. The summed E-state index contributed by atoms with van der Waals surface area (Å²) in [5, 5.41) is 2.40. The average Bonchev–Trinajstić information content (AvgIpc) is 2.08. The van der Waals surface area contributed by atoms with Crippen molar-refractivity contribution >= 4 is 27.6 Å². The lowest BCUT2D eigenvalue weighted by atomic mass is 10.4. The lowest BCUT2D eigenvalue weighted by Gasteiger charge is -2.05. The molecule has 0 aromatic carbocycles. The summed E-state index contributed by atoms with van der Waals surface area (Å²) in [7, 11) is 1.51. The number of primary amides is 1. The molecule has 0 aliphatic rings. The fourth-order valence-electron chi connectivity index (χ4n) is 0.757. The van der Waals surface area contributed by atoms with Crippen molar-refractivity contribution < 1.29 is 9.53 Å². The summed E-state index contributed by atoms with van der Waals surface area (Å²) >= 11 is 3.16. The highest BCUT2D eigenvalue weighted by atomic mass is 79.9. The molecule has 0 bridgehead atoms. The summed E-state index contributed by atoms with van der Waals surface area (Å²) in [6.07, 6.45) is 0. The number of hydrogen-bond donors (Lipinski definition) is 2. The first-order valence-electron chi connectivity index (χ1n) is 3.40. The number of anilines is 1. The highest BCUT2D eigenvalue weighted by Crippen LogP contribution is 2.22. The third kappa shape index (κ3) is 2.59. The van der Waals surface area contributed by atoms with Crippen LogP contribution in [0.3, 0.4) is 0 Å². The molecule has 0 aliphatic carbocycles. The summed E-state index contributed by atoms with van der Waals surface area (Å²) < 4.78 is 5.35. The Balaban J connectivity index is 2.91. The van der Waals surface area contributed by atoms with E-state index < -0.39 is 6.03 Å². The van der Waals surface area contributed by atoms with Gasteiger partial charge >= 0.3 is 6.03 Å². The first kappa shape index (κ1) is 9.79. The zero-order valence-corrected chi connectivity index (χ0v) is 8.46. The fraction of sp³-hybridized carbons (Fsp3) is 0.143. The van der Waals surface area contributed by atoms with Crippen molar-refractivity contribution in [3.8, 4) is 5.88 Å². The molecule has 1 aromatic rings. The highest BCUT2D eigenvalue weighted by molar-refractivity contribution is 9.10. The van der Waals surface area contributed by atoms with E-state index in [1.165, 1.54) is 7.11 Å². The minimum Gasteiger partial charge on any atom is -0.481 e. The molecular weight excluding hydrogens is 238 g/mol. The van der Waals surface area contributed by atoms with Crippen molar-refractivity contribution in [2.45, 2.75) is 0 Å². The minimum atomic E-state index is -0.632. The van der Waals surface area contributed by atoms with Crippen LogP contribution in [0.4, 0.5) is 10.5 Å². The van der Waals surface area contributed by atoms with E-state index in [0.29, 0.717) is 16.2 Å². The number of halogens is 1. The van der Waals surface area contributed by atoms with E-state index in [1.54, 1.807) is 12.1 Å². The van der Waals surface area contributed by atoms with E-state index in [1.807, 2.05) is 0 Å². The topological polar surface area (TPSA) is 77.2 Å². The molecule has 1 aromatic heterocycles. The average molecular weight is 246 g/mol. The summed E-state index contributed by atoms with van der Waals surface area (Å²) in [5.41, 5.74) is 5.44. The quantitative estimate of drug-likeness (QED) is 0.773. The molecule has 13 heavy (non-hydrogen) atoms. The molecule has 0 saturated heterocycles. The molecule has 70 valence electrons. The third-order valence-corrected chi connectivity index (χ3v) is 1.89. The Hall–Kier alpha value is -1.30. The Morgan fingerprint density at radius 3 is 2.85 bits per heavy atom. The number of rotatable bonds is 2. The van der Waals surface area contributed by atoms with Gasteiger partial charge in [0.1, 0.15) is 4.60 Å². The second kappa shape index (κ2) is 4.08. The predicted octanol–water partition coefficient (Wildman–Crippen LogP) is 1.34. The van der Waals surface area contributed by atoms with Crippen LogP contribution in [-0.4, -0.2) is 18.1 Å². The maximum atomic E-state index is 10.5. The summed E-state index contributed by atoms with van der Waals surface area (Å²) in [4.78, 5) is 14.5. The molecule has 1 rings (SSSR count). The molecule has 1 heterocycles. The third-order valence-electron chi connectivity index (χ3n) is 1.29. The van der Waals surface area contributed by atoms with Gasteiger partial charge in [0, 0.05) is 6.07 Å². The van der Waals surface area contributed by atoms with Gasteiger partial charge in [-0.1, -0.05) is 0 Å². The van der Waals surface area contributed by atoms with Crippen LogP contribution in [0.15, 0.2) is 16.7 Å². The second-order valence-corrected chi connectivity index (χ2v) is 2.93. The van der Waals surface area contributed by atoms with Gasteiger partial charge in [0.15, 0.2) is 0 Å². The van der Waals surface area contributed by atoms with Crippen LogP contribution in [0.2, 0.25) is 0 Å². The SMILES string of the molecule is COc1ccc(NC(N)=O)c(Br)n1. The van der Waals surface area contributed by atoms with Crippen molar-refractivity contribution in [2.24, 2.45) is 5.73 Å². The zero-order valence-electron chi connectivity index (χ0n) is 6.87. The number of carbonyl (C=O) groups excluding carboxylic acids is 1. The van der Waals surface area contributed by atoms with E-state index in [2.05, 4.69) is 26.2 Å². The largest absolute Gasteiger partial charge is 0.481 e. The van der Waals surface area contributed by atoms with Crippen LogP contribution >= 0.6 is 15.9 Å². The zero-order chi connectivity index (χ0) is 9.84. The Morgan fingerprint density at radius 2 is 2.38 bits per heavy atom. The lowest BCUT2D eigenvalue weighted by Crippen LogP contribution is -2.19. The molecule has 0 fully saturated rings. The van der Waals surface area contributed by atoms with Crippen molar-refractivity contribution in [3.63, 3.8) is 0 Å². The van der Waals surface area contributed by atoms with Crippen LogP contribution in [0.5, 0.6) is 5.88 Å². The number of amides is 2. The first-order chi connectivity index (χ1) is 6.13. The number of methoxy groups -OCH3 is 1. The molecule has 3 N–H and O–H groups in total. The van der Waals surface area contributed by atoms with E-state index in [-0.39, 0.29) is 0 Å². The van der Waals surface area contributed by atoms with E-state index >= 15 is 0 Å². The lowest BCUT2D eigenvalue weighted by molar-refractivity contribution is 0.259. The summed E-state index contributed by atoms with van der Waals surface area (Å²) in [6, 6.07) is 2.63. The van der Waals surface area contributed by atoms with Gasteiger partial charge in [-0.25, -0.2) is 9.78 Å². The number of urea groups is 1. The van der Waals surface area contributed by atoms with Crippen molar-refractivity contribution in [1.29, 1.82) is 0 Å². The van der Waals surface area contributed by atoms with Crippen molar-refractivity contribution in [3.05, 3.63) is 16.7 Å². The normalized spacial score (nSPS) is 9.38. The number of nitrogens with one attached hydrogen (secondary N) is 1. The molecule has 0 radical (unpaired) electrons. The van der Waals surface area contributed by atoms with Gasteiger partial charge in [-0.2, -0.15) is 0 Å². The monoisotopic (exact) mass is 245 g/mol. The molecule has 0 saturated carbocycles. The smallest absolute Gasteiger partial charge is 0.316 e. The first-order valence-corrected chi connectivity index (χ1v) is 4.20. The second-order valence-electron chi connectivity index (χ2n) is 2.18. The molecule has 5 nitrogen and oxygen atoms in total. The van der Waals surface area contributed by atoms with Crippen LogP contribution < -0.4 is 15.8 Å². The number of nitrogens with zero attached hydrogens (tertiary/aromatic N) is 1. The van der Waals surface area contributed by atoms with Crippen molar-refractivity contribution in [1.82, 2.24) is 4.98 Å². The Morgan fingerprint density at radius 1 is 1.69 bits per heavy atom. The fourth-order valence-corrected chi connectivity index (χ4v) is 1.16. The van der Waals surface area contributed by atoms with Gasteiger partial charge in [-0.05, 0) is 22.0 Å². The standard InChI is InChI=1S/C7H8BrN3O2/c1-13-5-3-2-4(6(8)11-5)10-7(9)12/h2-3H,1H3,(H3,9,10,12). The highest BCUT2D eigenvalue weighted by Gasteiger charge is 2.04. The molecule has 2 amide bonds. The van der Waals surface area contributed by atoms with Gasteiger partial charge in [0.2, 0.25) is 5.88 Å². The molecule has 6 heteroatoms. The Labute approximate surface area is 83.4 Å². The van der Waals surface area contributed by atoms with Gasteiger partial charge in [0.05, 0.1) is 12.8 Å². The minimum absolute atomic E-state index is 0.460. The Kier molecular flexibility index (Phi) is 3.07. The van der Waals surface area contributed by atoms with Crippen LogP contribution in [-0.2, 0) is 0 Å². The number of ether oxygens (including phenoxy) is 1. The van der Waals surface area contributed by atoms with Gasteiger partial charge in [-0.3, -0.25) is 0 Å². The van der Waals surface area contributed by atoms with Crippen LogP contribution in [0, 0.1) is 0 Å². The molecule has 0 aliphatic heterocycles. The van der Waals surface area contributed by atoms with Crippen LogP contribution in [0.1, 0.15) is 0 Å². The van der Waals surface area contributed by atoms with Gasteiger partial charge in [0.25, 0.3) is 0 Å². The van der Waals surface area contributed by atoms with E-state index in [9.17, 15) is 4.79 Å². The number of carbonyl (C=O) groups is 1. The van der Waals surface area contributed by atoms with E-state index in [0.717, 1.165) is 0 Å².